The first-order chi connectivity index (χ1) is 10.3. The topological polar surface area (TPSA) is 16.8 Å². The van der Waals surface area contributed by atoms with Gasteiger partial charge in [-0.15, -0.1) is 0 Å². The van der Waals surface area contributed by atoms with Crippen LogP contribution in [0.1, 0.15) is 18.2 Å². The third kappa shape index (κ3) is 3.34. The van der Waals surface area contributed by atoms with E-state index in [1.54, 1.807) is 0 Å². The maximum Gasteiger partial charge on any atom is 0.195 e. The maximum absolute atomic E-state index is 4.74. The fraction of sp³-hybridized carbons (Fsp3) is 0.158. The van der Waals surface area contributed by atoms with Crippen LogP contribution in [0.4, 0.5) is 0 Å². The number of hydrogen-bond donors (Lipinski definition) is 0. The molecule has 0 aliphatic rings. The van der Waals surface area contributed by atoms with Crippen LogP contribution in [0.5, 0.6) is 0 Å². The molecular formula is C19H19N2+. The van der Waals surface area contributed by atoms with Gasteiger partial charge in [-0.2, -0.15) is 4.57 Å². The predicted molar refractivity (Wildman–Crippen MR) is 84.8 cm³/mol. The normalized spacial score (nSPS) is 10.5. The Labute approximate surface area is 125 Å². The van der Waals surface area contributed by atoms with Gasteiger partial charge in [-0.1, -0.05) is 67.6 Å². The molecule has 2 nitrogen and oxygen atoms in total. The summed E-state index contributed by atoms with van der Waals surface area (Å²) in [6.45, 7) is 3.01. The average Bonchev–Trinajstić information content (AvgIpc) is 2.56. The van der Waals surface area contributed by atoms with E-state index in [1.165, 1.54) is 5.56 Å². The summed E-state index contributed by atoms with van der Waals surface area (Å²) < 4.78 is 2.23. The molecule has 1 heterocycles. The van der Waals surface area contributed by atoms with Gasteiger partial charge in [-0.3, -0.25) is 0 Å². The summed E-state index contributed by atoms with van der Waals surface area (Å²) in [5.41, 5.74) is 4.61. The molecule has 0 saturated carbocycles. The number of hydrogen-bond acceptors (Lipinski definition) is 1. The second-order valence-electron chi connectivity index (χ2n) is 5.12. The van der Waals surface area contributed by atoms with E-state index < -0.39 is 0 Å². The van der Waals surface area contributed by atoms with E-state index in [0.717, 1.165) is 29.9 Å². The Bertz CT molecular complexity index is 706. The van der Waals surface area contributed by atoms with Gasteiger partial charge in [0.15, 0.2) is 18.9 Å². The molecule has 0 bridgehead atoms. The van der Waals surface area contributed by atoms with Crippen LogP contribution in [0.3, 0.4) is 0 Å². The summed E-state index contributed by atoms with van der Waals surface area (Å²) in [7, 11) is 0. The van der Waals surface area contributed by atoms with Crippen molar-refractivity contribution < 1.29 is 4.57 Å². The van der Waals surface area contributed by atoms with E-state index in [9.17, 15) is 0 Å². The van der Waals surface area contributed by atoms with Crippen molar-refractivity contribution in [3.8, 4) is 11.3 Å². The second kappa shape index (κ2) is 6.31. The van der Waals surface area contributed by atoms with E-state index in [0.29, 0.717) is 0 Å². The lowest BCUT2D eigenvalue weighted by atomic mass is 10.1. The maximum atomic E-state index is 4.74. The molecule has 0 N–H and O–H groups in total. The Morgan fingerprint density at radius 3 is 2.19 bits per heavy atom. The quantitative estimate of drug-likeness (QED) is 0.664. The van der Waals surface area contributed by atoms with Crippen LogP contribution < -0.4 is 4.57 Å². The molecule has 0 unspecified atom stereocenters. The Balaban J connectivity index is 1.98. The Kier molecular flexibility index (Phi) is 4.06. The zero-order chi connectivity index (χ0) is 14.5. The molecule has 0 aliphatic heterocycles. The monoisotopic (exact) mass is 275 g/mol. The third-order valence-electron chi connectivity index (χ3n) is 3.51. The van der Waals surface area contributed by atoms with E-state index in [1.807, 2.05) is 12.1 Å². The number of rotatable bonds is 4. The molecule has 0 saturated heterocycles. The standard InChI is InChI=1S/C19H19N2/c1-2-18-14-21(13-16-9-5-3-6-10-16)15-19(20-18)17-11-7-4-8-12-17/h3-12,14-15H,2,13H2,1H3/q+1. The Hall–Kier alpha value is -2.48. The lowest BCUT2D eigenvalue weighted by Crippen LogP contribution is -2.35. The lowest BCUT2D eigenvalue weighted by molar-refractivity contribution is -0.688. The van der Waals surface area contributed by atoms with Gasteiger partial charge >= 0.3 is 0 Å². The van der Waals surface area contributed by atoms with Crippen LogP contribution in [0.2, 0.25) is 0 Å². The van der Waals surface area contributed by atoms with Gasteiger partial charge in [0.25, 0.3) is 0 Å². The van der Waals surface area contributed by atoms with Gasteiger partial charge in [0.05, 0.1) is 0 Å². The van der Waals surface area contributed by atoms with Crippen molar-refractivity contribution in [2.75, 3.05) is 0 Å². The van der Waals surface area contributed by atoms with Gasteiger partial charge in [-0.05, 0) is 6.42 Å². The summed E-state index contributed by atoms with van der Waals surface area (Å²) in [6, 6.07) is 20.9. The van der Waals surface area contributed by atoms with E-state index in [4.69, 9.17) is 4.98 Å². The third-order valence-corrected chi connectivity index (χ3v) is 3.51. The molecule has 0 aliphatic carbocycles. The highest BCUT2D eigenvalue weighted by Crippen LogP contribution is 2.15. The SMILES string of the molecule is CCc1c[n+](Cc2ccccc2)cc(-c2ccccc2)n1. The lowest BCUT2D eigenvalue weighted by Gasteiger charge is -2.04. The molecule has 2 aromatic carbocycles. The van der Waals surface area contributed by atoms with E-state index >= 15 is 0 Å². The van der Waals surface area contributed by atoms with Crippen molar-refractivity contribution in [2.45, 2.75) is 19.9 Å². The number of nitrogens with zero attached hydrogens (tertiary/aromatic N) is 2. The zero-order valence-corrected chi connectivity index (χ0v) is 12.2. The van der Waals surface area contributed by atoms with Gasteiger partial charge in [0, 0.05) is 11.1 Å². The van der Waals surface area contributed by atoms with Gasteiger partial charge in [0.1, 0.15) is 11.4 Å². The number of aryl methyl sites for hydroxylation is 1. The molecular weight excluding hydrogens is 256 g/mol. The summed E-state index contributed by atoms with van der Waals surface area (Å²) in [5, 5.41) is 0. The van der Waals surface area contributed by atoms with Crippen LogP contribution in [0, 0.1) is 0 Å². The highest BCUT2D eigenvalue weighted by molar-refractivity contribution is 5.57. The Morgan fingerprint density at radius 1 is 0.857 bits per heavy atom. The molecule has 0 radical (unpaired) electrons. The van der Waals surface area contributed by atoms with Crippen LogP contribution in [-0.4, -0.2) is 4.98 Å². The first kappa shape index (κ1) is 13.5. The second-order valence-corrected chi connectivity index (χ2v) is 5.12. The summed E-state index contributed by atoms with van der Waals surface area (Å²) in [4.78, 5) is 4.74. The Morgan fingerprint density at radius 2 is 1.52 bits per heavy atom. The van der Waals surface area contributed by atoms with Crippen molar-refractivity contribution in [2.24, 2.45) is 0 Å². The number of benzene rings is 2. The minimum absolute atomic E-state index is 0.871. The highest BCUT2D eigenvalue weighted by atomic mass is 15.0. The van der Waals surface area contributed by atoms with Crippen LogP contribution >= 0.6 is 0 Å². The molecule has 0 amide bonds. The molecule has 0 spiro atoms. The highest BCUT2D eigenvalue weighted by Gasteiger charge is 2.10. The number of aromatic nitrogens is 2. The van der Waals surface area contributed by atoms with E-state index in [-0.39, 0.29) is 0 Å². The first-order valence-electron chi connectivity index (χ1n) is 7.34. The average molecular weight is 275 g/mol. The van der Waals surface area contributed by atoms with Crippen molar-refractivity contribution in [1.82, 2.24) is 4.98 Å². The molecule has 3 rings (SSSR count). The van der Waals surface area contributed by atoms with Crippen molar-refractivity contribution in [1.29, 1.82) is 0 Å². The minimum Gasteiger partial charge on any atom is -0.240 e. The van der Waals surface area contributed by atoms with Crippen LogP contribution in [-0.2, 0) is 13.0 Å². The summed E-state index contributed by atoms with van der Waals surface area (Å²) in [6.07, 6.45) is 5.20. The fourth-order valence-electron chi connectivity index (χ4n) is 2.40. The first-order valence-corrected chi connectivity index (χ1v) is 7.34. The smallest absolute Gasteiger partial charge is 0.195 e. The molecule has 0 atom stereocenters. The van der Waals surface area contributed by atoms with Gasteiger partial charge in [0.2, 0.25) is 0 Å². The van der Waals surface area contributed by atoms with Gasteiger partial charge in [-0.25, -0.2) is 4.98 Å². The fourth-order valence-corrected chi connectivity index (χ4v) is 2.40. The molecule has 3 aromatic rings. The van der Waals surface area contributed by atoms with Crippen molar-refractivity contribution in [3.63, 3.8) is 0 Å². The predicted octanol–water partition coefficient (Wildman–Crippen LogP) is 3.65. The minimum atomic E-state index is 0.871. The summed E-state index contributed by atoms with van der Waals surface area (Å²) in [5.74, 6) is 0. The molecule has 21 heavy (non-hydrogen) atoms. The largest absolute Gasteiger partial charge is 0.240 e. The molecule has 0 fully saturated rings. The van der Waals surface area contributed by atoms with E-state index in [2.05, 4.69) is 72.4 Å². The van der Waals surface area contributed by atoms with Crippen LogP contribution in [0.15, 0.2) is 73.1 Å². The molecule has 1 aromatic heterocycles. The van der Waals surface area contributed by atoms with Gasteiger partial charge < -0.3 is 0 Å². The molecule has 104 valence electrons. The van der Waals surface area contributed by atoms with Crippen molar-refractivity contribution >= 4 is 0 Å². The molecule has 2 heteroatoms. The van der Waals surface area contributed by atoms with Crippen LogP contribution in [0.25, 0.3) is 11.3 Å². The zero-order valence-electron chi connectivity index (χ0n) is 12.2. The summed E-state index contributed by atoms with van der Waals surface area (Å²) >= 11 is 0. The van der Waals surface area contributed by atoms with Crippen molar-refractivity contribution in [3.05, 3.63) is 84.3 Å².